The van der Waals surface area contributed by atoms with Crippen LogP contribution in [0.2, 0.25) is 0 Å². The molecule has 0 heterocycles. The van der Waals surface area contributed by atoms with E-state index in [9.17, 15) is 0 Å². The zero-order valence-electron chi connectivity index (χ0n) is 14.9. The first kappa shape index (κ1) is 18.0. The van der Waals surface area contributed by atoms with Crippen molar-refractivity contribution in [2.24, 2.45) is 11.3 Å². The molecule has 1 aliphatic rings. The van der Waals surface area contributed by atoms with Gasteiger partial charge in [0.05, 0.1) is 5.60 Å². The van der Waals surface area contributed by atoms with Crippen LogP contribution in [-0.2, 0) is 4.74 Å². The standard InChI is InChI=1S/C18H37NO/c1-8-13-20-18(14-19-17(5,6)7)11-9-15(10-12-18)16(2,3)4/h15,19H,8-14H2,1-7H3. The molecule has 0 bridgehead atoms. The molecule has 0 aromatic rings. The molecule has 0 radical (unpaired) electrons. The van der Waals surface area contributed by atoms with E-state index in [2.05, 4.69) is 53.8 Å². The Kier molecular flexibility index (Phi) is 6.10. The van der Waals surface area contributed by atoms with Crippen molar-refractivity contribution in [2.75, 3.05) is 13.2 Å². The lowest BCUT2D eigenvalue weighted by atomic mass is 9.68. The van der Waals surface area contributed by atoms with E-state index in [1.807, 2.05) is 0 Å². The molecule has 0 aromatic carbocycles. The number of ether oxygens (including phenoxy) is 1. The first-order valence-electron chi connectivity index (χ1n) is 8.47. The van der Waals surface area contributed by atoms with Gasteiger partial charge in [-0.15, -0.1) is 0 Å². The molecule has 0 aromatic heterocycles. The van der Waals surface area contributed by atoms with E-state index in [4.69, 9.17) is 4.74 Å². The van der Waals surface area contributed by atoms with Crippen LogP contribution in [-0.4, -0.2) is 24.3 Å². The van der Waals surface area contributed by atoms with Gasteiger partial charge in [-0.05, 0) is 64.2 Å². The van der Waals surface area contributed by atoms with E-state index in [-0.39, 0.29) is 11.1 Å². The minimum atomic E-state index is 0.0744. The Morgan fingerprint density at radius 2 is 1.60 bits per heavy atom. The molecule has 1 saturated carbocycles. The smallest absolute Gasteiger partial charge is 0.0806 e. The summed E-state index contributed by atoms with van der Waals surface area (Å²) in [6, 6.07) is 0. The molecule has 0 unspecified atom stereocenters. The van der Waals surface area contributed by atoms with E-state index in [1.54, 1.807) is 0 Å². The van der Waals surface area contributed by atoms with Crippen LogP contribution in [0, 0.1) is 11.3 Å². The van der Waals surface area contributed by atoms with E-state index < -0.39 is 0 Å². The average molecular weight is 284 g/mol. The summed E-state index contributed by atoms with van der Waals surface area (Å²) in [4.78, 5) is 0. The van der Waals surface area contributed by atoms with Crippen molar-refractivity contribution in [3.63, 3.8) is 0 Å². The minimum Gasteiger partial charge on any atom is -0.374 e. The summed E-state index contributed by atoms with van der Waals surface area (Å²) in [5.74, 6) is 0.843. The van der Waals surface area contributed by atoms with Gasteiger partial charge >= 0.3 is 0 Å². The predicted octanol–water partition coefficient (Wildman–Crippen LogP) is 4.78. The normalized spacial score (nSPS) is 28.6. The van der Waals surface area contributed by atoms with Gasteiger partial charge in [-0.2, -0.15) is 0 Å². The molecule has 0 spiro atoms. The second kappa shape index (κ2) is 6.79. The van der Waals surface area contributed by atoms with Crippen LogP contribution in [0.3, 0.4) is 0 Å². The second-order valence-corrected chi connectivity index (χ2v) is 8.78. The molecule has 1 rings (SSSR count). The van der Waals surface area contributed by atoms with E-state index in [0.717, 1.165) is 25.5 Å². The molecule has 120 valence electrons. The van der Waals surface area contributed by atoms with Crippen molar-refractivity contribution >= 4 is 0 Å². The quantitative estimate of drug-likeness (QED) is 0.784. The van der Waals surface area contributed by atoms with Gasteiger partial charge < -0.3 is 10.1 Å². The summed E-state index contributed by atoms with van der Waals surface area (Å²) in [5.41, 5.74) is 0.683. The topological polar surface area (TPSA) is 21.3 Å². The lowest BCUT2D eigenvalue weighted by molar-refractivity contribution is -0.0867. The van der Waals surface area contributed by atoms with Crippen molar-refractivity contribution in [2.45, 2.75) is 91.7 Å². The number of nitrogens with one attached hydrogen (secondary N) is 1. The van der Waals surface area contributed by atoms with Gasteiger partial charge in [-0.3, -0.25) is 0 Å². The summed E-state index contributed by atoms with van der Waals surface area (Å²) >= 11 is 0. The predicted molar refractivity (Wildman–Crippen MR) is 88.1 cm³/mol. The number of hydrogen-bond donors (Lipinski definition) is 1. The molecule has 20 heavy (non-hydrogen) atoms. The fourth-order valence-corrected chi connectivity index (χ4v) is 3.13. The summed E-state index contributed by atoms with van der Waals surface area (Å²) < 4.78 is 6.31. The Balaban J connectivity index is 2.63. The van der Waals surface area contributed by atoms with E-state index in [0.29, 0.717) is 5.41 Å². The summed E-state index contributed by atoms with van der Waals surface area (Å²) in [7, 11) is 0. The van der Waals surface area contributed by atoms with Crippen LogP contribution >= 0.6 is 0 Å². The van der Waals surface area contributed by atoms with Gasteiger partial charge in [0, 0.05) is 18.7 Å². The Labute approximate surface area is 127 Å². The lowest BCUT2D eigenvalue weighted by Crippen LogP contribution is -2.51. The van der Waals surface area contributed by atoms with E-state index >= 15 is 0 Å². The maximum absolute atomic E-state index is 6.31. The average Bonchev–Trinajstić information content (AvgIpc) is 2.33. The molecule has 0 atom stereocenters. The summed E-state index contributed by atoms with van der Waals surface area (Å²) in [5, 5.41) is 3.67. The molecular weight excluding hydrogens is 246 g/mol. The second-order valence-electron chi connectivity index (χ2n) is 8.78. The number of hydrogen-bond acceptors (Lipinski definition) is 2. The van der Waals surface area contributed by atoms with Gasteiger partial charge in [-0.25, -0.2) is 0 Å². The van der Waals surface area contributed by atoms with Gasteiger partial charge in [0.25, 0.3) is 0 Å². The molecule has 1 N–H and O–H groups in total. The van der Waals surface area contributed by atoms with Crippen LogP contribution in [0.4, 0.5) is 0 Å². The first-order chi connectivity index (χ1) is 9.08. The highest BCUT2D eigenvalue weighted by molar-refractivity contribution is 4.93. The van der Waals surface area contributed by atoms with Crippen LogP contribution in [0.5, 0.6) is 0 Å². The van der Waals surface area contributed by atoms with Crippen molar-refractivity contribution in [3.05, 3.63) is 0 Å². The molecule has 2 heteroatoms. The SMILES string of the molecule is CCCOC1(CNC(C)(C)C)CCC(C(C)(C)C)CC1. The van der Waals surface area contributed by atoms with E-state index in [1.165, 1.54) is 25.7 Å². The summed E-state index contributed by atoms with van der Waals surface area (Å²) in [6.45, 7) is 17.9. The maximum atomic E-state index is 6.31. The van der Waals surface area contributed by atoms with Crippen molar-refractivity contribution < 1.29 is 4.74 Å². The fraction of sp³-hybridized carbons (Fsp3) is 1.00. The Morgan fingerprint density at radius 1 is 1.05 bits per heavy atom. The molecule has 2 nitrogen and oxygen atoms in total. The van der Waals surface area contributed by atoms with Crippen molar-refractivity contribution in [1.29, 1.82) is 0 Å². The van der Waals surface area contributed by atoms with Crippen molar-refractivity contribution in [1.82, 2.24) is 5.32 Å². The summed E-state index contributed by atoms with van der Waals surface area (Å²) in [6.07, 6.45) is 6.13. The monoisotopic (exact) mass is 283 g/mol. The highest BCUT2D eigenvalue weighted by Gasteiger charge is 2.39. The third-order valence-corrected chi connectivity index (χ3v) is 4.67. The van der Waals surface area contributed by atoms with Crippen LogP contribution in [0.1, 0.15) is 80.6 Å². The lowest BCUT2D eigenvalue weighted by Gasteiger charge is -2.45. The molecule has 1 aliphatic carbocycles. The van der Waals surface area contributed by atoms with Gasteiger partial charge in [0.1, 0.15) is 0 Å². The van der Waals surface area contributed by atoms with Crippen LogP contribution in [0.25, 0.3) is 0 Å². The maximum Gasteiger partial charge on any atom is 0.0806 e. The fourth-order valence-electron chi connectivity index (χ4n) is 3.13. The van der Waals surface area contributed by atoms with Crippen molar-refractivity contribution in [3.8, 4) is 0 Å². The van der Waals surface area contributed by atoms with Gasteiger partial charge in [-0.1, -0.05) is 27.7 Å². The molecule has 1 fully saturated rings. The highest BCUT2D eigenvalue weighted by Crippen LogP contribution is 2.42. The first-order valence-corrected chi connectivity index (χ1v) is 8.47. The Bertz CT molecular complexity index is 277. The zero-order chi connectivity index (χ0) is 15.4. The Morgan fingerprint density at radius 3 is 2.00 bits per heavy atom. The van der Waals surface area contributed by atoms with Gasteiger partial charge in [0.2, 0.25) is 0 Å². The van der Waals surface area contributed by atoms with Crippen LogP contribution < -0.4 is 5.32 Å². The zero-order valence-corrected chi connectivity index (χ0v) is 14.9. The highest BCUT2D eigenvalue weighted by atomic mass is 16.5. The minimum absolute atomic E-state index is 0.0744. The molecule has 0 amide bonds. The Hall–Kier alpha value is -0.0800. The largest absolute Gasteiger partial charge is 0.374 e. The molecule has 0 aliphatic heterocycles. The third-order valence-electron chi connectivity index (χ3n) is 4.67. The molecular formula is C18H37NO. The van der Waals surface area contributed by atoms with Gasteiger partial charge in [0.15, 0.2) is 0 Å². The number of rotatable bonds is 5. The third kappa shape index (κ3) is 5.73. The molecule has 0 saturated heterocycles. The van der Waals surface area contributed by atoms with Crippen LogP contribution in [0.15, 0.2) is 0 Å².